The molecule has 0 radical (unpaired) electrons. The molecular formula is C23H20ClF3N6O3. The van der Waals surface area contributed by atoms with Crippen LogP contribution in [0.2, 0.25) is 5.02 Å². The number of aliphatic carboxylic acids is 1. The normalized spacial score (nSPS) is 10.7. The first-order valence-corrected chi connectivity index (χ1v) is 10.6. The van der Waals surface area contributed by atoms with E-state index in [0.717, 1.165) is 22.6 Å². The predicted molar refractivity (Wildman–Crippen MR) is 129 cm³/mol. The lowest BCUT2D eigenvalue weighted by molar-refractivity contribution is -0.192. The number of hydrogen-bond donors (Lipinski definition) is 3. The van der Waals surface area contributed by atoms with Gasteiger partial charge in [0.1, 0.15) is 11.6 Å². The number of nitrogens with one attached hydrogen (secondary N) is 2. The minimum atomic E-state index is -5.08. The highest BCUT2D eigenvalue weighted by Crippen LogP contribution is 2.29. The zero-order chi connectivity index (χ0) is 26.3. The van der Waals surface area contributed by atoms with E-state index in [1.54, 1.807) is 30.3 Å². The summed E-state index contributed by atoms with van der Waals surface area (Å²) in [6.07, 6.45) is 0.329. The first-order valence-electron chi connectivity index (χ1n) is 10.2. The van der Waals surface area contributed by atoms with Crippen LogP contribution < -0.4 is 15.4 Å². The minimum Gasteiger partial charge on any atom is -0.495 e. The average Bonchev–Trinajstić information content (AvgIpc) is 3.38. The van der Waals surface area contributed by atoms with Gasteiger partial charge in [0.15, 0.2) is 0 Å². The molecule has 2 aromatic carbocycles. The molecule has 0 aliphatic heterocycles. The van der Waals surface area contributed by atoms with Crippen LogP contribution in [-0.2, 0) is 4.79 Å². The van der Waals surface area contributed by atoms with Crippen LogP contribution in [0, 0.1) is 6.92 Å². The molecule has 3 N–H and O–H groups in total. The molecule has 0 aliphatic rings. The van der Waals surface area contributed by atoms with Gasteiger partial charge >= 0.3 is 12.1 Å². The molecule has 13 heteroatoms. The lowest BCUT2D eigenvalue weighted by atomic mass is 10.2. The smallest absolute Gasteiger partial charge is 0.490 e. The maximum Gasteiger partial charge on any atom is 0.490 e. The molecule has 0 fully saturated rings. The average molecular weight is 521 g/mol. The van der Waals surface area contributed by atoms with Crippen LogP contribution in [0.25, 0.3) is 5.69 Å². The molecule has 0 aliphatic carbocycles. The topological polar surface area (TPSA) is 114 Å². The minimum absolute atomic E-state index is 0.492. The fraction of sp³-hybridized carbons (Fsp3) is 0.130. The summed E-state index contributed by atoms with van der Waals surface area (Å²) in [5.74, 6) is -0.975. The van der Waals surface area contributed by atoms with Gasteiger partial charge in [0, 0.05) is 41.6 Å². The van der Waals surface area contributed by atoms with Gasteiger partial charge in [-0.3, -0.25) is 0 Å². The Morgan fingerprint density at radius 2 is 1.78 bits per heavy atom. The van der Waals surface area contributed by atoms with Crippen LogP contribution in [0.1, 0.15) is 5.56 Å². The van der Waals surface area contributed by atoms with E-state index in [1.807, 2.05) is 55.6 Å². The number of aryl methyl sites for hydroxylation is 1. The summed E-state index contributed by atoms with van der Waals surface area (Å²) in [6.45, 7) is 1.94. The van der Waals surface area contributed by atoms with Gasteiger partial charge in [-0.15, -0.1) is 0 Å². The number of halogens is 4. The number of benzene rings is 2. The molecule has 0 spiro atoms. The molecule has 0 bridgehead atoms. The van der Waals surface area contributed by atoms with E-state index in [-0.39, 0.29) is 0 Å². The highest BCUT2D eigenvalue weighted by atomic mass is 35.5. The van der Waals surface area contributed by atoms with Crippen LogP contribution in [0.4, 0.5) is 36.3 Å². The molecule has 0 amide bonds. The number of methoxy groups -OCH3 is 1. The van der Waals surface area contributed by atoms with Crippen molar-refractivity contribution in [1.82, 2.24) is 19.7 Å². The predicted octanol–water partition coefficient (Wildman–Crippen LogP) is 5.75. The van der Waals surface area contributed by atoms with E-state index in [9.17, 15) is 13.2 Å². The maximum absolute atomic E-state index is 10.6. The number of ether oxygens (including phenoxy) is 1. The lowest BCUT2D eigenvalue weighted by Crippen LogP contribution is -2.21. The standard InChI is InChI=1S/C21H19ClN6O.C2HF3O2/c1-14-13-23-21(26-15-4-7-17(8-5-15)28-11-3-10-24-28)27-20(14)25-16-6-9-18(22)19(12-16)29-2;3-2(4,5)1(6)7/h3-13H,1-2H3,(H2,23,25,26,27);(H,6,7). The fourth-order valence-electron chi connectivity index (χ4n) is 2.75. The van der Waals surface area contributed by atoms with Gasteiger partial charge in [-0.2, -0.15) is 23.3 Å². The van der Waals surface area contributed by atoms with Gasteiger partial charge in [0.2, 0.25) is 5.95 Å². The molecule has 4 rings (SSSR count). The van der Waals surface area contributed by atoms with Crippen LogP contribution in [-0.4, -0.2) is 44.1 Å². The quantitative estimate of drug-likeness (QED) is 0.294. The Hall–Kier alpha value is -4.32. The Bertz CT molecular complexity index is 1320. The van der Waals surface area contributed by atoms with E-state index in [4.69, 9.17) is 26.2 Å². The molecule has 36 heavy (non-hydrogen) atoms. The third-order valence-corrected chi connectivity index (χ3v) is 4.83. The number of nitrogens with zero attached hydrogens (tertiary/aromatic N) is 4. The van der Waals surface area contributed by atoms with Crippen molar-refractivity contribution in [3.63, 3.8) is 0 Å². The van der Waals surface area contributed by atoms with Gasteiger partial charge in [-0.05, 0) is 49.4 Å². The third-order valence-electron chi connectivity index (χ3n) is 4.52. The van der Waals surface area contributed by atoms with E-state index in [0.29, 0.717) is 22.5 Å². The molecule has 4 aromatic rings. The zero-order valence-electron chi connectivity index (χ0n) is 18.9. The number of anilines is 4. The van der Waals surface area contributed by atoms with Gasteiger partial charge < -0.3 is 20.5 Å². The Kier molecular flexibility index (Phi) is 8.33. The van der Waals surface area contributed by atoms with Crippen LogP contribution in [0.3, 0.4) is 0 Å². The molecule has 188 valence electrons. The molecule has 0 unspecified atom stereocenters. The number of carbonyl (C=O) groups is 1. The second kappa shape index (κ2) is 11.4. The number of rotatable bonds is 6. The highest BCUT2D eigenvalue weighted by molar-refractivity contribution is 6.32. The van der Waals surface area contributed by atoms with Gasteiger partial charge in [0.05, 0.1) is 17.8 Å². The van der Waals surface area contributed by atoms with Crippen molar-refractivity contribution < 1.29 is 27.8 Å². The van der Waals surface area contributed by atoms with E-state index < -0.39 is 12.1 Å². The second-order valence-electron chi connectivity index (χ2n) is 7.12. The van der Waals surface area contributed by atoms with E-state index in [1.165, 1.54) is 0 Å². The summed E-state index contributed by atoms with van der Waals surface area (Å²) in [5, 5.41) is 18.4. The van der Waals surface area contributed by atoms with E-state index >= 15 is 0 Å². The molecule has 9 nitrogen and oxygen atoms in total. The summed E-state index contributed by atoms with van der Waals surface area (Å²) in [6, 6.07) is 15.2. The monoisotopic (exact) mass is 520 g/mol. The summed E-state index contributed by atoms with van der Waals surface area (Å²) in [7, 11) is 1.58. The van der Waals surface area contributed by atoms with Crippen LogP contribution >= 0.6 is 11.6 Å². The largest absolute Gasteiger partial charge is 0.495 e. The Labute approximate surface area is 208 Å². The molecule has 2 aromatic heterocycles. The third kappa shape index (κ3) is 7.09. The van der Waals surface area contributed by atoms with Gasteiger partial charge in [0.25, 0.3) is 0 Å². The van der Waals surface area contributed by atoms with Crippen molar-refractivity contribution in [2.24, 2.45) is 0 Å². The Morgan fingerprint density at radius 3 is 2.36 bits per heavy atom. The van der Waals surface area contributed by atoms with Crippen LogP contribution in [0.5, 0.6) is 5.75 Å². The van der Waals surface area contributed by atoms with E-state index in [2.05, 4.69) is 25.7 Å². The lowest BCUT2D eigenvalue weighted by Gasteiger charge is -2.12. The molecular weight excluding hydrogens is 501 g/mol. The van der Waals surface area contributed by atoms with Gasteiger partial charge in [-0.1, -0.05) is 11.6 Å². The van der Waals surface area contributed by atoms with Crippen molar-refractivity contribution >= 4 is 40.7 Å². The number of alkyl halides is 3. The fourth-order valence-corrected chi connectivity index (χ4v) is 2.95. The maximum atomic E-state index is 10.6. The van der Waals surface area contributed by atoms with Crippen molar-refractivity contribution in [3.8, 4) is 11.4 Å². The summed E-state index contributed by atoms with van der Waals surface area (Å²) in [4.78, 5) is 17.9. The summed E-state index contributed by atoms with van der Waals surface area (Å²) < 4.78 is 38.8. The Balaban J connectivity index is 0.000000454. The number of carboxylic acids is 1. The highest BCUT2D eigenvalue weighted by Gasteiger charge is 2.38. The Morgan fingerprint density at radius 1 is 1.11 bits per heavy atom. The summed E-state index contributed by atoms with van der Waals surface area (Å²) in [5.41, 5.74) is 3.59. The first-order chi connectivity index (χ1) is 17.1. The zero-order valence-corrected chi connectivity index (χ0v) is 19.7. The van der Waals surface area contributed by atoms with Crippen molar-refractivity contribution in [1.29, 1.82) is 0 Å². The van der Waals surface area contributed by atoms with Crippen molar-refractivity contribution in [2.45, 2.75) is 13.1 Å². The summed E-state index contributed by atoms with van der Waals surface area (Å²) >= 11 is 6.10. The molecule has 0 saturated carbocycles. The number of carboxylic acid groups (broad SMARTS) is 1. The second-order valence-corrected chi connectivity index (χ2v) is 7.53. The van der Waals surface area contributed by atoms with Gasteiger partial charge in [-0.25, -0.2) is 14.5 Å². The van der Waals surface area contributed by atoms with Crippen molar-refractivity contribution in [2.75, 3.05) is 17.7 Å². The molecule has 0 saturated heterocycles. The molecule has 2 heterocycles. The van der Waals surface area contributed by atoms with Crippen LogP contribution in [0.15, 0.2) is 67.1 Å². The molecule has 0 atom stereocenters. The number of hydrogen-bond acceptors (Lipinski definition) is 7. The first kappa shape index (κ1) is 26.3. The number of aromatic nitrogens is 4. The van der Waals surface area contributed by atoms with Crippen molar-refractivity contribution in [3.05, 3.63) is 77.7 Å². The SMILES string of the molecule is COc1cc(Nc2nc(Nc3ccc(-n4cccn4)cc3)ncc2C)ccc1Cl.O=C(O)C(F)(F)F.